The van der Waals surface area contributed by atoms with Crippen molar-refractivity contribution in [3.05, 3.63) is 41.2 Å². The van der Waals surface area contributed by atoms with Gasteiger partial charge in [-0.2, -0.15) is 0 Å². The number of thiazole rings is 1. The highest BCUT2D eigenvalue weighted by molar-refractivity contribution is 7.13. The minimum atomic E-state index is 0.0697. The summed E-state index contributed by atoms with van der Waals surface area (Å²) in [4.78, 5) is 22.6. The van der Waals surface area contributed by atoms with Crippen LogP contribution in [0, 0.1) is 0 Å². The second-order valence-corrected chi connectivity index (χ2v) is 5.83. The van der Waals surface area contributed by atoms with Crippen molar-refractivity contribution < 1.29 is 4.79 Å². The zero-order valence-corrected chi connectivity index (χ0v) is 11.8. The molecular formula is C14H16N4OS. The van der Waals surface area contributed by atoms with Crippen LogP contribution in [-0.4, -0.2) is 33.9 Å². The van der Waals surface area contributed by atoms with Crippen LogP contribution >= 0.6 is 11.3 Å². The van der Waals surface area contributed by atoms with Crippen molar-refractivity contribution in [2.24, 2.45) is 0 Å². The lowest BCUT2D eigenvalue weighted by Crippen LogP contribution is -2.39. The first-order valence-electron chi connectivity index (χ1n) is 6.64. The smallest absolute Gasteiger partial charge is 0.253 e. The molecule has 1 aliphatic rings. The third-order valence-corrected chi connectivity index (χ3v) is 4.29. The Morgan fingerprint density at radius 3 is 2.90 bits per heavy atom. The lowest BCUT2D eigenvalue weighted by molar-refractivity contribution is 0.0706. The average Bonchev–Trinajstić information content (AvgIpc) is 2.94. The molecule has 0 unspecified atom stereocenters. The number of piperidine rings is 1. The number of anilines is 1. The van der Waals surface area contributed by atoms with Crippen LogP contribution in [-0.2, 0) is 0 Å². The van der Waals surface area contributed by atoms with E-state index in [1.54, 1.807) is 24.5 Å². The van der Waals surface area contributed by atoms with Gasteiger partial charge in [0.2, 0.25) is 0 Å². The number of carbonyl (C=O) groups excluding carboxylic acids is 1. The number of amides is 1. The number of carbonyl (C=O) groups is 1. The highest BCUT2D eigenvalue weighted by Crippen LogP contribution is 2.29. The highest BCUT2D eigenvalue weighted by atomic mass is 32.1. The molecule has 1 aliphatic heterocycles. The van der Waals surface area contributed by atoms with Gasteiger partial charge in [0.15, 0.2) is 5.13 Å². The van der Waals surface area contributed by atoms with Crippen molar-refractivity contribution in [1.82, 2.24) is 14.9 Å². The molecule has 104 valence electrons. The Hall–Kier alpha value is -1.95. The predicted molar refractivity (Wildman–Crippen MR) is 78.6 cm³/mol. The molecule has 2 N–H and O–H groups in total. The number of nitrogen functional groups attached to an aromatic ring is 1. The van der Waals surface area contributed by atoms with E-state index < -0.39 is 0 Å². The molecule has 5 nitrogen and oxygen atoms in total. The van der Waals surface area contributed by atoms with Crippen LogP contribution in [0.4, 0.5) is 5.13 Å². The molecule has 1 saturated heterocycles. The first-order valence-corrected chi connectivity index (χ1v) is 7.52. The van der Waals surface area contributed by atoms with E-state index in [2.05, 4.69) is 9.97 Å². The quantitative estimate of drug-likeness (QED) is 0.919. The number of nitrogens with two attached hydrogens (primary N) is 1. The number of aromatic nitrogens is 2. The molecule has 0 spiro atoms. The molecule has 1 amide bonds. The molecule has 1 atom stereocenters. The standard InChI is InChI=1S/C14H16N4OS/c15-14-17-12(9-20-14)11-2-1-7-18(8-11)13(19)10-3-5-16-6-4-10/h3-6,9,11H,1-2,7-8H2,(H2,15,17)/t11-/m1/s1. The maximum atomic E-state index is 12.4. The van der Waals surface area contributed by atoms with Gasteiger partial charge in [-0.3, -0.25) is 9.78 Å². The number of pyridine rings is 1. The van der Waals surface area contributed by atoms with Crippen molar-refractivity contribution in [3.63, 3.8) is 0 Å². The van der Waals surface area contributed by atoms with Crippen molar-refractivity contribution in [1.29, 1.82) is 0 Å². The topological polar surface area (TPSA) is 72.1 Å². The third-order valence-electron chi connectivity index (χ3n) is 3.59. The van der Waals surface area contributed by atoms with Crippen LogP contribution in [0.25, 0.3) is 0 Å². The molecular weight excluding hydrogens is 272 g/mol. The number of likely N-dealkylation sites (tertiary alicyclic amines) is 1. The molecule has 0 bridgehead atoms. The Kier molecular flexibility index (Phi) is 3.64. The summed E-state index contributed by atoms with van der Waals surface area (Å²) < 4.78 is 0. The lowest BCUT2D eigenvalue weighted by atomic mass is 9.95. The third kappa shape index (κ3) is 2.65. The van der Waals surface area contributed by atoms with E-state index in [0.717, 1.165) is 25.1 Å². The molecule has 2 aromatic rings. The first kappa shape index (κ1) is 13.1. The summed E-state index contributed by atoms with van der Waals surface area (Å²) >= 11 is 1.46. The van der Waals surface area contributed by atoms with Gasteiger partial charge in [-0.25, -0.2) is 4.98 Å². The molecule has 0 aromatic carbocycles. The molecule has 3 rings (SSSR count). The molecule has 20 heavy (non-hydrogen) atoms. The Morgan fingerprint density at radius 2 is 2.20 bits per heavy atom. The predicted octanol–water partition coefficient (Wildman–Crippen LogP) is 2.14. The van der Waals surface area contributed by atoms with E-state index in [4.69, 9.17) is 5.73 Å². The zero-order chi connectivity index (χ0) is 13.9. The summed E-state index contributed by atoms with van der Waals surface area (Å²) in [6, 6.07) is 3.51. The van der Waals surface area contributed by atoms with Crippen LogP contribution in [0.1, 0.15) is 34.8 Å². The van der Waals surface area contributed by atoms with Gasteiger partial charge < -0.3 is 10.6 Å². The van der Waals surface area contributed by atoms with Gasteiger partial charge in [0.1, 0.15) is 0 Å². The van der Waals surface area contributed by atoms with Crippen molar-refractivity contribution in [2.45, 2.75) is 18.8 Å². The normalized spacial score (nSPS) is 19.0. The summed E-state index contributed by atoms with van der Waals surface area (Å²) in [6.07, 6.45) is 5.35. The minimum absolute atomic E-state index is 0.0697. The Labute approximate surface area is 121 Å². The summed E-state index contributed by atoms with van der Waals surface area (Å²) in [7, 11) is 0. The largest absolute Gasteiger partial charge is 0.375 e. The molecule has 2 aromatic heterocycles. The Morgan fingerprint density at radius 1 is 1.40 bits per heavy atom. The minimum Gasteiger partial charge on any atom is -0.375 e. The lowest BCUT2D eigenvalue weighted by Gasteiger charge is -2.32. The van der Waals surface area contributed by atoms with Gasteiger partial charge in [-0.15, -0.1) is 11.3 Å². The molecule has 1 fully saturated rings. The van der Waals surface area contributed by atoms with E-state index in [0.29, 0.717) is 23.2 Å². The number of hydrogen-bond acceptors (Lipinski definition) is 5. The molecule has 0 saturated carbocycles. The van der Waals surface area contributed by atoms with Gasteiger partial charge in [-0.05, 0) is 25.0 Å². The van der Waals surface area contributed by atoms with E-state index in [1.807, 2.05) is 10.3 Å². The number of hydrogen-bond donors (Lipinski definition) is 1. The van der Waals surface area contributed by atoms with Crippen LogP contribution in [0.2, 0.25) is 0 Å². The van der Waals surface area contributed by atoms with Crippen molar-refractivity contribution >= 4 is 22.4 Å². The monoisotopic (exact) mass is 288 g/mol. The van der Waals surface area contributed by atoms with Crippen LogP contribution < -0.4 is 5.73 Å². The van der Waals surface area contributed by atoms with Gasteiger partial charge in [-0.1, -0.05) is 0 Å². The molecule has 0 aliphatic carbocycles. The van der Waals surface area contributed by atoms with Gasteiger partial charge >= 0.3 is 0 Å². The molecule has 3 heterocycles. The van der Waals surface area contributed by atoms with Crippen molar-refractivity contribution in [2.75, 3.05) is 18.8 Å². The van der Waals surface area contributed by atoms with Crippen LogP contribution in [0.15, 0.2) is 29.9 Å². The van der Waals surface area contributed by atoms with Gasteiger partial charge in [0.25, 0.3) is 5.91 Å². The van der Waals surface area contributed by atoms with E-state index in [1.165, 1.54) is 11.3 Å². The fourth-order valence-electron chi connectivity index (χ4n) is 2.57. The Bertz CT molecular complexity index is 598. The first-order chi connectivity index (χ1) is 9.74. The van der Waals surface area contributed by atoms with E-state index in [9.17, 15) is 4.79 Å². The maximum absolute atomic E-state index is 12.4. The Balaban J connectivity index is 1.74. The molecule has 0 radical (unpaired) electrons. The second kappa shape index (κ2) is 5.58. The molecule has 6 heteroatoms. The fourth-order valence-corrected chi connectivity index (χ4v) is 3.21. The SMILES string of the molecule is Nc1nc([C@@H]2CCCN(C(=O)c3ccncc3)C2)cs1. The second-order valence-electron chi connectivity index (χ2n) is 4.94. The van der Waals surface area contributed by atoms with Gasteiger partial charge in [0.05, 0.1) is 5.69 Å². The van der Waals surface area contributed by atoms with E-state index in [-0.39, 0.29) is 5.91 Å². The summed E-state index contributed by atoms with van der Waals surface area (Å²) in [6.45, 7) is 1.52. The number of rotatable bonds is 2. The summed E-state index contributed by atoms with van der Waals surface area (Å²) in [5.41, 5.74) is 7.40. The van der Waals surface area contributed by atoms with Crippen LogP contribution in [0.5, 0.6) is 0 Å². The average molecular weight is 288 g/mol. The van der Waals surface area contributed by atoms with Gasteiger partial charge in [0, 0.05) is 42.3 Å². The van der Waals surface area contributed by atoms with E-state index >= 15 is 0 Å². The maximum Gasteiger partial charge on any atom is 0.253 e. The van der Waals surface area contributed by atoms with Crippen LogP contribution in [0.3, 0.4) is 0 Å². The number of nitrogens with zero attached hydrogens (tertiary/aromatic N) is 3. The fraction of sp³-hybridized carbons (Fsp3) is 0.357. The van der Waals surface area contributed by atoms with Crippen molar-refractivity contribution in [3.8, 4) is 0 Å². The highest BCUT2D eigenvalue weighted by Gasteiger charge is 2.26. The summed E-state index contributed by atoms with van der Waals surface area (Å²) in [5.74, 6) is 0.364. The zero-order valence-electron chi connectivity index (χ0n) is 11.0. The summed E-state index contributed by atoms with van der Waals surface area (Å²) in [5, 5.41) is 2.60.